The number of hydrogen-bond acceptors (Lipinski definition) is 2. The average Bonchev–Trinajstić information content (AvgIpc) is 2.70. The van der Waals surface area contributed by atoms with Crippen LogP contribution in [-0.4, -0.2) is 30.8 Å². The van der Waals surface area contributed by atoms with Crippen molar-refractivity contribution in [2.45, 2.75) is 65.0 Å². The molecule has 15 heavy (non-hydrogen) atoms. The second-order valence-corrected chi connectivity index (χ2v) is 4.54. The molecular formula is C13H27NO. The summed E-state index contributed by atoms with van der Waals surface area (Å²) in [4.78, 5) is 2.50. The van der Waals surface area contributed by atoms with Gasteiger partial charge in [0.2, 0.25) is 0 Å². The van der Waals surface area contributed by atoms with E-state index in [2.05, 4.69) is 18.7 Å². The predicted octanol–water partition coefficient (Wildman–Crippen LogP) is 3.42. The van der Waals surface area contributed by atoms with Crippen LogP contribution in [0.1, 0.15) is 58.8 Å². The summed E-state index contributed by atoms with van der Waals surface area (Å²) in [6, 6.07) is 0. The highest BCUT2D eigenvalue weighted by atomic mass is 16.5. The Morgan fingerprint density at radius 1 is 1.07 bits per heavy atom. The third kappa shape index (κ3) is 4.98. The van der Waals surface area contributed by atoms with Gasteiger partial charge in [0.15, 0.2) is 0 Å². The molecule has 0 bridgehead atoms. The lowest BCUT2D eigenvalue weighted by Crippen LogP contribution is -2.30. The quantitative estimate of drug-likeness (QED) is 0.573. The molecule has 1 fully saturated rings. The Labute approximate surface area is 95.0 Å². The maximum atomic E-state index is 5.64. The van der Waals surface area contributed by atoms with Crippen LogP contribution in [0, 0.1) is 0 Å². The third-order valence-electron chi connectivity index (χ3n) is 3.24. The largest absolute Gasteiger partial charge is 0.362 e. The zero-order valence-electron chi connectivity index (χ0n) is 10.5. The Hall–Kier alpha value is -0.0800. The molecule has 2 heteroatoms. The summed E-state index contributed by atoms with van der Waals surface area (Å²) in [6.07, 6.45) is 9.89. The van der Waals surface area contributed by atoms with Crippen LogP contribution < -0.4 is 0 Å². The van der Waals surface area contributed by atoms with E-state index in [1.807, 2.05) is 0 Å². The van der Waals surface area contributed by atoms with Crippen LogP contribution in [0.4, 0.5) is 0 Å². The summed E-state index contributed by atoms with van der Waals surface area (Å²) in [7, 11) is 0. The van der Waals surface area contributed by atoms with E-state index in [0.29, 0.717) is 6.23 Å². The molecule has 1 aliphatic heterocycles. The number of hydrogen-bond donors (Lipinski definition) is 0. The molecule has 1 atom stereocenters. The normalized spacial score (nSPS) is 22.4. The van der Waals surface area contributed by atoms with Crippen LogP contribution in [0.25, 0.3) is 0 Å². The van der Waals surface area contributed by atoms with Crippen molar-refractivity contribution in [3.05, 3.63) is 0 Å². The first-order valence-corrected chi connectivity index (χ1v) is 6.74. The molecule has 1 heterocycles. The third-order valence-corrected chi connectivity index (χ3v) is 3.24. The van der Waals surface area contributed by atoms with E-state index in [4.69, 9.17) is 4.74 Å². The molecule has 0 aromatic heterocycles. The van der Waals surface area contributed by atoms with Gasteiger partial charge in [0.05, 0.1) is 6.61 Å². The minimum atomic E-state index is 0.417. The van der Waals surface area contributed by atoms with Gasteiger partial charge >= 0.3 is 0 Å². The van der Waals surface area contributed by atoms with Crippen molar-refractivity contribution in [2.24, 2.45) is 0 Å². The average molecular weight is 213 g/mol. The monoisotopic (exact) mass is 213 g/mol. The minimum Gasteiger partial charge on any atom is -0.362 e. The molecule has 1 aliphatic rings. The van der Waals surface area contributed by atoms with Crippen molar-refractivity contribution in [3.8, 4) is 0 Å². The predicted molar refractivity (Wildman–Crippen MR) is 65.0 cm³/mol. The van der Waals surface area contributed by atoms with Crippen LogP contribution in [-0.2, 0) is 4.74 Å². The smallest absolute Gasteiger partial charge is 0.110 e. The summed E-state index contributed by atoms with van der Waals surface area (Å²) in [5.74, 6) is 0. The second kappa shape index (κ2) is 8.12. The second-order valence-electron chi connectivity index (χ2n) is 4.54. The summed E-state index contributed by atoms with van der Waals surface area (Å²) in [6.45, 7) is 7.81. The first-order valence-electron chi connectivity index (χ1n) is 6.74. The van der Waals surface area contributed by atoms with E-state index in [1.165, 1.54) is 45.1 Å². The van der Waals surface area contributed by atoms with E-state index < -0.39 is 0 Å². The fourth-order valence-electron chi connectivity index (χ4n) is 2.28. The molecule has 1 saturated heterocycles. The van der Waals surface area contributed by atoms with Crippen molar-refractivity contribution in [1.82, 2.24) is 4.90 Å². The first kappa shape index (κ1) is 13.0. The van der Waals surface area contributed by atoms with Crippen LogP contribution >= 0.6 is 0 Å². The van der Waals surface area contributed by atoms with Crippen LogP contribution in [0.15, 0.2) is 0 Å². The summed E-state index contributed by atoms with van der Waals surface area (Å²) >= 11 is 0. The number of nitrogens with zero attached hydrogens (tertiary/aromatic N) is 1. The molecule has 0 amide bonds. The summed E-state index contributed by atoms with van der Waals surface area (Å²) in [5.41, 5.74) is 0. The number of ether oxygens (including phenoxy) is 1. The van der Waals surface area contributed by atoms with Crippen LogP contribution in [0.2, 0.25) is 0 Å². The Balaban J connectivity index is 1.95. The zero-order chi connectivity index (χ0) is 10.9. The van der Waals surface area contributed by atoms with Gasteiger partial charge in [-0.25, -0.2) is 0 Å². The molecule has 0 aromatic carbocycles. The van der Waals surface area contributed by atoms with Crippen molar-refractivity contribution in [2.75, 3.05) is 19.7 Å². The SMILES string of the molecule is CCCCCCCCN1CCO[C@@H]1CC. The van der Waals surface area contributed by atoms with Gasteiger partial charge in [0.25, 0.3) is 0 Å². The molecule has 0 N–H and O–H groups in total. The van der Waals surface area contributed by atoms with Crippen molar-refractivity contribution in [1.29, 1.82) is 0 Å². The van der Waals surface area contributed by atoms with Gasteiger partial charge in [0.1, 0.15) is 6.23 Å². The Kier molecular flexibility index (Phi) is 7.03. The molecule has 1 rings (SSSR count). The van der Waals surface area contributed by atoms with Gasteiger partial charge in [-0.3, -0.25) is 4.90 Å². The lowest BCUT2D eigenvalue weighted by atomic mass is 10.1. The fourth-order valence-corrected chi connectivity index (χ4v) is 2.28. The highest BCUT2D eigenvalue weighted by Gasteiger charge is 2.22. The zero-order valence-corrected chi connectivity index (χ0v) is 10.5. The van der Waals surface area contributed by atoms with Crippen molar-refractivity contribution in [3.63, 3.8) is 0 Å². The Morgan fingerprint density at radius 3 is 2.53 bits per heavy atom. The van der Waals surface area contributed by atoms with Gasteiger partial charge < -0.3 is 4.74 Å². The maximum Gasteiger partial charge on any atom is 0.110 e. The van der Waals surface area contributed by atoms with Gasteiger partial charge in [-0.1, -0.05) is 46.0 Å². The van der Waals surface area contributed by atoms with Gasteiger partial charge in [-0.15, -0.1) is 0 Å². The van der Waals surface area contributed by atoms with Crippen LogP contribution in [0.5, 0.6) is 0 Å². The standard InChI is InChI=1S/C13H27NO/c1-3-5-6-7-8-9-10-14-11-12-15-13(14)4-2/h13H,3-12H2,1-2H3/t13-/m1/s1. The molecule has 2 nitrogen and oxygen atoms in total. The lowest BCUT2D eigenvalue weighted by molar-refractivity contribution is 0.0304. The first-order chi connectivity index (χ1) is 7.38. The highest BCUT2D eigenvalue weighted by Crippen LogP contribution is 2.14. The molecule has 0 spiro atoms. The minimum absolute atomic E-state index is 0.417. The van der Waals surface area contributed by atoms with Gasteiger partial charge in [-0.2, -0.15) is 0 Å². The molecule has 0 aliphatic carbocycles. The van der Waals surface area contributed by atoms with E-state index in [9.17, 15) is 0 Å². The number of rotatable bonds is 8. The molecule has 0 unspecified atom stereocenters. The molecule has 0 aromatic rings. The molecule has 0 saturated carbocycles. The van der Waals surface area contributed by atoms with E-state index >= 15 is 0 Å². The Bertz CT molecular complexity index is 149. The van der Waals surface area contributed by atoms with Crippen molar-refractivity contribution < 1.29 is 4.74 Å². The van der Waals surface area contributed by atoms with Crippen molar-refractivity contribution >= 4 is 0 Å². The molecule has 90 valence electrons. The van der Waals surface area contributed by atoms with Crippen LogP contribution in [0.3, 0.4) is 0 Å². The summed E-state index contributed by atoms with van der Waals surface area (Å²) in [5, 5.41) is 0. The van der Waals surface area contributed by atoms with Gasteiger partial charge in [-0.05, 0) is 12.8 Å². The molecular weight excluding hydrogens is 186 g/mol. The van der Waals surface area contributed by atoms with E-state index in [1.54, 1.807) is 0 Å². The molecule has 0 radical (unpaired) electrons. The van der Waals surface area contributed by atoms with E-state index in [0.717, 1.165) is 19.6 Å². The topological polar surface area (TPSA) is 12.5 Å². The Morgan fingerprint density at radius 2 is 1.80 bits per heavy atom. The summed E-state index contributed by atoms with van der Waals surface area (Å²) < 4.78 is 5.64. The highest BCUT2D eigenvalue weighted by molar-refractivity contribution is 4.68. The van der Waals surface area contributed by atoms with E-state index in [-0.39, 0.29) is 0 Å². The van der Waals surface area contributed by atoms with Gasteiger partial charge in [0, 0.05) is 13.1 Å². The fraction of sp³-hybridized carbons (Fsp3) is 1.00. The lowest BCUT2D eigenvalue weighted by Gasteiger charge is -2.21. The number of unbranched alkanes of at least 4 members (excludes halogenated alkanes) is 5. The maximum absolute atomic E-state index is 5.64.